The number of H-pyrrole nitrogens is 1. The quantitative estimate of drug-likeness (QED) is 0.555. The third kappa shape index (κ3) is 3.11. The van der Waals surface area contributed by atoms with Gasteiger partial charge in [-0.2, -0.15) is 5.10 Å². The third-order valence-electron chi connectivity index (χ3n) is 2.78. The van der Waals surface area contributed by atoms with Crippen molar-refractivity contribution in [1.29, 1.82) is 0 Å². The lowest BCUT2D eigenvalue weighted by atomic mass is 10.2. The van der Waals surface area contributed by atoms with Crippen LogP contribution in [0.15, 0.2) is 18.2 Å². The highest BCUT2D eigenvalue weighted by Gasteiger charge is 2.28. The van der Waals surface area contributed by atoms with Crippen molar-refractivity contribution in [1.82, 2.24) is 15.5 Å². The zero-order chi connectivity index (χ0) is 15.6. The third-order valence-corrected chi connectivity index (χ3v) is 2.78. The average Bonchev–Trinajstić information content (AvgIpc) is 2.87. The molecule has 0 radical (unpaired) electrons. The van der Waals surface area contributed by atoms with E-state index in [0.717, 1.165) is 6.07 Å². The van der Waals surface area contributed by atoms with Crippen molar-refractivity contribution in [2.24, 2.45) is 5.73 Å². The van der Waals surface area contributed by atoms with E-state index in [2.05, 4.69) is 10.2 Å². The molecule has 1 amide bonds. The molecule has 0 unspecified atom stereocenters. The van der Waals surface area contributed by atoms with Crippen LogP contribution in [0.5, 0.6) is 0 Å². The molecule has 112 valence electrons. The number of fused-ring (bicyclic) bond motifs is 1. The molecule has 0 aliphatic rings. The van der Waals surface area contributed by atoms with Crippen LogP contribution in [0.2, 0.25) is 0 Å². The van der Waals surface area contributed by atoms with Gasteiger partial charge in [0.2, 0.25) is 0 Å². The molecule has 0 saturated carbocycles. The molecule has 1 aromatic heterocycles. The van der Waals surface area contributed by atoms with E-state index in [1.807, 2.05) is 5.32 Å². The van der Waals surface area contributed by atoms with Gasteiger partial charge < -0.3 is 11.1 Å². The topological polar surface area (TPSA) is 127 Å². The van der Waals surface area contributed by atoms with E-state index >= 15 is 0 Å². The van der Waals surface area contributed by atoms with Gasteiger partial charge >= 0.3 is 0 Å². The molecule has 4 N–H and O–H groups in total. The first-order chi connectivity index (χ1) is 9.84. The van der Waals surface area contributed by atoms with E-state index < -0.39 is 29.8 Å². The highest BCUT2D eigenvalue weighted by atomic mass is 19.3. The standard InChI is InChI=1S/C11H11F2N5O3/c12-11(13,4-14)5-15-10(19)9-7-3-6(18(20)21)1-2-8(7)16-17-9/h1-3H,4-5,14H2,(H,15,19)(H,16,17). The molecule has 1 aromatic carbocycles. The van der Waals surface area contributed by atoms with Crippen LogP contribution in [0.25, 0.3) is 10.9 Å². The largest absolute Gasteiger partial charge is 0.345 e. The van der Waals surface area contributed by atoms with Crippen LogP contribution in [-0.4, -0.2) is 40.0 Å². The van der Waals surface area contributed by atoms with Gasteiger partial charge in [0.15, 0.2) is 5.69 Å². The van der Waals surface area contributed by atoms with E-state index in [0.29, 0.717) is 5.52 Å². The number of hydrogen-bond acceptors (Lipinski definition) is 5. The summed E-state index contributed by atoms with van der Waals surface area (Å²) in [6.07, 6.45) is 0. The van der Waals surface area contributed by atoms with Crippen molar-refractivity contribution in [3.8, 4) is 0 Å². The second-order valence-electron chi connectivity index (χ2n) is 4.30. The van der Waals surface area contributed by atoms with Gasteiger partial charge in [0.05, 0.1) is 23.5 Å². The fourth-order valence-corrected chi connectivity index (χ4v) is 1.65. The fraction of sp³-hybridized carbons (Fsp3) is 0.273. The second kappa shape index (κ2) is 5.40. The molecular formula is C11H11F2N5O3. The van der Waals surface area contributed by atoms with Gasteiger partial charge in [0, 0.05) is 17.5 Å². The normalized spacial score (nSPS) is 11.6. The van der Waals surface area contributed by atoms with Gasteiger partial charge in [-0.05, 0) is 6.07 Å². The highest BCUT2D eigenvalue weighted by Crippen LogP contribution is 2.22. The van der Waals surface area contributed by atoms with Crippen molar-refractivity contribution in [2.45, 2.75) is 5.92 Å². The van der Waals surface area contributed by atoms with Gasteiger partial charge in [-0.1, -0.05) is 0 Å². The Morgan fingerprint density at radius 1 is 1.52 bits per heavy atom. The molecule has 0 spiro atoms. The molecule has 2 rings (SSSR count). The first-order valence-corrected chi connectivity index (χ1v) is 5.82. The molecule has 0 bridgehead atoms. The summed E-state index contributed by atoms with van der Waals surface area (Å²) < 4.78 is 26.0. The second-order valence-corrected chi connectivity index (χ2v) is 4.30. The summed E-state index contributed by atoms with van der Waals surface area (Å²) in [5.74, 6) is -4.09. The monoisotopic (exact) mass is 299 g/mol. The summed E-state index contributed by atoms with van der Waals surface area (Å²) in [4.78, 5) is 21.9. The van der Waals surface area contributed by atoms with Crippen LogP contribution in [0.3, 0.4) is 0 Å². The zero-order valence-corrected chi connectivity index (χ0v) is 10.6. The van der Waals surface area contributed by atoms with E-state index in [1.165, 1.54) is 12.1 Å². The lowest BCUT2D eigenvalue weighted by molar-refractivity contribution is -0.384. The zero-order valence-electron chi connectivity index (χ0n) is 10.6. The fourth-order valence-electron chi connectivity index (χ4n) is 1.65. The van der Waals surface area contributed by atoms with Crippen molar-refractivity contribution in [2.75, 3.05) is 13.1 Å². The number of non-ortho nitro benzene ring substituents is 1. The maximum Gasteiger partial charge on any atom is 0.277 e. The number of nitro benzene ring substituents is 1. The summed E-state index contributed by atoms with van der Waals surface area (Å²) in [6, 6.07) is 3.77. The van der Waals surface area contributed by atoms with Gasteiger partial charge in [-0.15, -0.1) is 0 Å². The maximum atomic E-state index is 13.0. The van der Waals surface area contributed by atoms with Crippen LogP contribution in [0.4, 0.5) is 14.5 Å². The molecule has 8 nitrogen and oxygen atoms in total. The maximum absolute atomic E-state index is 13.0. The first-order valence-electron chi connectivity index (χ1n) is 5.82. The summed E-state index contributed by atoms with van der Waals surface area (Å²) in [5, 5.41) is 19.1. The molecule has 0 aliphatic heterocycles. The predicted molar refractivity (Wildman–Crippen MR) is 69.1 cm³/mol. The van der Waals surface area contributed by atoms with Gasteiger partial charge in [-0.25, -0.2) is 8.78 Å². The number of carbonyl (C=O) groups excluding carboxylic acids is 1. The Hall–Kier alpha value is -2.62. The number of halogens is 2. The number of nitrogens with zero attached hydrogens (tertiary/aromatic N) is 2. The van der Waals surface area contributed by atoms with Crippen LogP contribution in [-0.2, 0) is 0 Å². The van der Waals surface area contributed by atoms with Crippen molar-refractivity contribution < 1.29 is 18.5 Å². The predicted octanol–water partition coefficient (Wildman–Crippen LogP) is 0.795. The van der Waals surface area contributed by atoms with Gasteiger partial charge in [0.25, 0.3) is 17.5 Å². The Balaban J connectivity index is 2.27. The number of aromatic nitrogens is 2. The molecule has 0 atom stereocenters. The van der Waals surface area contributed by atoms with E-state index in [-0.39, 0.29) is 16.8 Å². The highest BCUT2D eigenvalue weighted by molar-refractivity contribution is 6.05. The van der Waals surface area contributed by atoms with Crippen LogP contribution < -0.4 is 11.1 Å². The van der Waals surface area contributed by atoms with Crippen molar-refractivity contribution in [3.63, 3.8) is 0 Å². The van der Waals surface area contributed by atoms with E-state index in [9.17, 15) is 23.7 Å². The molecule has 0 aliphatic carbocycles. The van der Waals surface area contributed by atoms with Crippen LogP contribution in [0, 0.1) is 10.1 Å². The number of aromatic amines is 1. The summed E-state index contributed by atoms with van der Waals surface area (Å²) in [6.45, 7) is -1.84. The lowest BCUT2D eigenvalue weighted by Crippen LogP contribution is -2.41. The van der Waals surface area contributed by atoms with Gasteiger partial charge in [0.1, 0.15) is 0 Å². The van der Waals surface area contributed by atoms with E-state index in [1.54, 1.807) is 0 Å². The number of hydrogen-bond donors (Lipinski definition) is 3. The number of carbonyl (C=O) groups is 1. The Morgan fingerprint density at radius 3 is 2.86 bits per heavy atom. The minimum Gasteiger partial charge on any atom is -0.345 e. The number of nitrogens with two attached hydrogens (primary N) is 1. The van der Waals surface area contributed by atoms with E-state index in [4.69, 9.17) is 5.73 Å². The lowest BCUT2D eigenvalue weighted by Gasteiger charge is -2.13. The number of nitrogens with one attached hydrogen (secondary N) is 2. The number of amides is 1. The Labute approximate surface area is 116 Å². The Bertz CT molecular complexity index is 700. The molecule has 0 fully saturated rings. The number of rotatable bonds is 5. The number of benzene rings is 1. The molecule has 21 heavy (non-hydrogen) atoms. The Morgan fingerprint density at radius 2 is 2.24 bits per heavy atom. The smallest absolute Gasteiger partial charge is 0.277 e. The average molecular weight is 299 g/mol. The summed E-state index contributed by atoms with van der Waals surface area (Å²) >= 11 is 0. The van der Waals surface area contributed by atoms with Crippen molar-refractivity contribution in [3.05, 3.63) is 34.0 Å². The molecular weight excluding hydrogens is 288 g/mol. The van der Waals surface area contributed by atoms with Gasteiger partial charge in [-0.3, -0.25) is 20.0 Å². The summed E-state index contributed by atoms with van der Waals surface area (Å²) in [7, 11) is 0. The number of nitro groups is 1. The molecule has 0 saturated heterocycles. The van der Waals surface area contributed by atoms with Crippen molar-refractivity contribution >= 4 is 22.5 Å². The SMILES string of the molecule is NCC(F)(F)CNC(=O)c1n[nH]c2ccc([N+](=O)[O-])cc12. The molecule has 10 heteroatoms. The Kier molecular flexibility index (Phi) is 3.80. The van der Waals surface area contributed by atoms with Crippen LogP contribution in [0.1, 0.15) is 10.5 Å². The van der Waals surface area contributed by atoms with Crippen LogP contribution >= 0.6 is 0 Å². The number of alkyl halides is 2. The molecule has 1 heterocycles. The minimum absolute atomic E-state index is 0.178. The minimum atomic E-state index is -3.23. The first kappa shape index (κ1) is 14.8. The summed E-state index contributed by atoms with van der Waals surface area (Å²) in [5.41, 5.74) is 4.82. The molecule has 2 aromatic rings.